The summed E-state index contributed by atoms with van der Waals surface area (Å²) >= 11 is 0.594. The number of carbonyl (C=O) groups excluding carboxylic acids is 1. The molecule has 1 aromatic rings. The van der Waals surface area contributed by atoms with Crippen molar-refractivity contribution >= 4 is 17.3 Å². The Balaban J connectivity index is 2.01. The Kier molecular flexibility index (Phi) is 7.94. The van der Waals surface area contributed by atoms with E-state index in [1.807, 2.05) is 0 Å². The van der Waals surface area contributed by atoms with Crippen molar-refractivity contribution in [2.75, 3.05) is 33.5 Å². The van der Waals surface area contributed by atoms with Crippen molar-refractivity contribution in [1.82, 2.24) is 4.98 Å². The molecule has 18 heavy (non-hydrogen) atoms. The van der Waals surface area contributed by atoms with Crippen LogP contribution in [0.5, 0.6) is 5.88 Å². The van der Waals surface area contributed by atoms with Crippen molar-refractivity contribution in [3.05, 3.63) is 24.4 Å². The normalized spacial score (nSPS) is 10.1. The number of hydrogen-bond acceptors (Lipinski definition) is 7. The number of pyridine rings is 1. The van der Waals surface area contributed by atoms with Crippen molar-refractivity contribution in [3.8, 4) is 5.88 Å². The van der Waals surface area contributed by atoms with Crippen LogP contribution in [-0.4, -0.2) is 43.8 Å². The van der Waals surface area contributed by atoms with Gasteiger partial charge >= 0.3 is 5.30 Å². The summed E-state index contributed by atoms with van der Waals surface area (Å²) in [5.41, 5.74) is 0. The molecule has 0 aliphatic carbocycles. The third-order valence-corrected chi connectivity index (χ3v) is 2.22. The predicted molar refractivity (Wildman–Crippen MR) is 66.5 cm³/mol. The minimum absolute atomic E-state index is 0.182. The lowest BCUT2D eigenvalue weighted by atomic mass is 10.5. The Morgan fingerprint density at radius 1 is 1.28 bits per heavy atom. The van der Waals surface area contributed by atoms with E-state index < -0.39 is 5.30 Å². The Morgan fingerprint density at radius 3 is 2.83 bits per heavy atom. The molecule has 1 rings (SSSR count). The van der Waals surface area contributed by atoms with Gasteiger partial charge in [0.05, 0.1) is 19.8 Å². The molecular formula is C11H15NO5S. The van der Waals surface area contributed by atoms with E-state index >= 15 is 0 Å². The fourth-order valence-electron chi connectivity index (χ4n) is 0.925. The van der Waals surface area contributed by atoms with Crippen LogP contribution in [0.4, 0.5) is 4.79 Å². The van der Waals surface area contributed by atoms with E-state index in [0.717, 1.165) is 0 Å². The molecule has 0 aliphatic heterocycles. The zero-order chi connectivity index (χ0) is 13.1. The van der Waals surface area contributed by atoms with E-state index in [1.165, 1.54) is 0 Å². The van der Waals surface area contributed by atoms with Crippen LogP contribution in [0.15, 0.2) is 24.4 Å². The van der Waals surface area contributed by atoms with Crippen molar-refractivity contribution in [3.63, 3.8) is 0 Å². The van der Waals surface area contributed by atoms with E-state index in [9.17, 15) is 4.79 Å². The van der Waals surface area contributed by atoms with E-state index in [1.54, 1.807) is 31.5 Å². The lowest BCUT2D eigenvalue weighted by Gasteiger charge is -2.05. The number of aromatic nitrogens is 1. The number of carbonyl (C=O) groups is 1. The van der Waals surface area contributed by atoms with E-state index in [2.05, 4.69) is 4.98 Å². The molecule has 1 aromatic heterocycles. The minimum atomic E-state index is -0.531. The van der Waals surface area contributed by atoms with Gasteiger partial charge in [-0.2, -0.15) is 0 Å². The van der Waals surface area contributed by atoms with Gasteiger partial charge in [-0.3, -0.25) is 0 Å². The van der Waals surface area contributed by atoms with Gasteiger partial charge in [-0.1, -0.05) is 6.07 Å². The van der Waals surface area contributed by atoms with Gasteiger partial charge in [-0.15, -0.1) is 0 Å². The molecule has 0 N–H and O–H groups in total. The van der Waals surface area contributed by atoms with Gasteiger partial charge in [0.1, 0.15) is 6.61 Å². The predicted octanol–water partition coefficient (Wildman–Crippen LogP) is 1.91. The van der Waals surface area contributed by atoms with Crippen LogP contribution >= 0.6 is 12.0 Å². The van der Waals surface area contributed by atoms with Crippen LogP contribution in [0.1, 0.15) is 0 Å². The first kappa shape index (κ1) is 14.7. The monoisotopic (exact) mass is 273 g/mol. The molecule has 0 fully saturated rings. The minimum Gasteiger partial charge on any atom is -0.453 e. The molecule has 1 heterocycles. The highest BCUT2D eigenvalue weighted by Crippen LogP contribution is 2.13. The molecular weight excluding hydrogens is 258 g/mol. The first-order valence-corrected chi connectivity index (χ1v) is 6.06. The second kappa shape index (κ2) is 9.69. The molecule has 100 valence electrons. The third kappa shape index (κ3) is 7.10. The molecule has 0 unspecified atom stereocenters. The molecule has 0 amide bonds. The Labute approximate surface area is 110 Å². The zero-order valence-electron chi connectivity index (χ0n) is 10.0. The average molecular weight is 273 g/mol. The van der Waals surface area contributed by atoms with Crippen LogP contribution < -0.4 is 4.18 Å². The van der Waals surface area contributed by atoms with Crippen LogP contribution in [0.25, 0.3) is 0 Å². The summed E-state index contributed by atoms with van der Waals surface area (Å²) in [5.74, 6) is 0.357. The zero-order valence-corrected chi connectivity index (χ0v) is 10.9. The summed E-state index contributed by atoms with van der Waals surface area (Å²) in [6.07, 6.45) is 1.57. The molecule has 0 aliphatic rings. The first-order chi connectivity index (χ1) is 8.83. The maximum atomic E-state index is 11.2. The van der Waals surface area contributed by atoms with Gasteiger partial charge in [0, 0.05) is 19.4 Å². The van der Waals surface area contributed by atoms with Crippen LogP contribution in [0.3, 0.4) is 0 Å². The molecule has 0 atom stereocenters. The first-order valence-electron chi connectivity index (χ1n) is 5.32. The van der Waals surface area contributed by atoms with Crippen molar-refractivity contribution in [1.29, 1.82) is 0 Å². The van der Waals surface area contributed by atoms with E-state index in [0.29, 0.717) is 37.7 Å². The summed E-state index contributed by atoms with van der Waals surface area (Å²) in [4.78, 5) is 15.1. The average Bonchev–Trinajstić information content (AvgIpc) is 2.41. The fraction of sp³-hybridized carbons (Fsp3) is 0.455. The Hall–Kier alpha value is -1.31. The third-order valence-electron chi connectivity index (χ3n) is 1.71. The lowest BCUT2D eigenvalue weighted by molar-refractivity contribution is 0.0467. The van der Waals surface area contributed by atoms with E-state index in [4.69, 9.17) is 18.4 Å². The summed E-state index contributed by atoms with van der Waals surface area (Å²) in [7, 11) is 1.59. The standard InChI is InChI=1S/C11H15NO5S/c1-14-6-7-15-8-9-16-11(13)18-17-10-4-2-3-5-12-10/h2-5H,6-9H2,1H3. The van der Waals surface area contributed by atoms with Gasteiger partial charge in [-0.05, 0) is 6.07 Å². The topological polar surface area (TPSA) is 66.9 Å². The van der Waals surface area contributed by atoms with Crippen LogP contribution in [0, 0.1) is 0 Å². The maximum absolute atomic E-state index is 11.2. The molecule has 0 spiro atoms. The summed E-state index contributed by atoms with van der Waals surface area (Å²) in [6, 6.07) is 5.17. The van der Waals surface area contributed by atoms with Crippen LogP contribution in [0.2, 0.25) is 0 Å². The van der Waals surface area contributed by atoms with Gasteiger partial charge < -0.3 is 18.4 Å². The van der Waals surface area contributed by atoms with Crippen molar-refractivity contribution in [2.24, 2.45) is 0 Å². The van der Waals surface area contributed by atoms with Crippen molar-refractivity contribution in [2.45, 2.75) is 0 Å². The molecule has 0 radical (unpaired) electrons. The smallest absolute Gasteiger partial charge is 0.407 e. The lowest BCUT2D eigenvalue weighted by Crippen LogP contribution is -2.10. The van der Waals surface area contributed by atoms with Crippen molar-refractivity contribution < 1.29 is 23.2 Å². The molecule has 6 nitrogen and oxygen atoms in total. The number of rotatable bonds is 8. The summed E-state index contributed by atoms with van der Waals surface area (Å²) in [6.45, 7) is 1.51. The summed E-state index contributed by atoms with van der Waals surface area (Å²) < 4.78 is 19.8. The molecule has 0 saturated heterocycles. The Bertz CT molecular complexity index is 335. The van der Waals surface area contributed by atoms with Gasteiger partial charge in [0.2, 0.25) is 5.88 Å². The largest absolute Gasteiger partial charge is 0.453 e. The quantitative estimate of drug-likeness (QED) is 0.407. The highest BCUT2D eigenvalue weighted by Gasteiger charge is 2.06. The van der Waals surface area contributed by atoms with Gasteiger partial charge in [-0.25, -0.2) is 9.78 Å². The van der Waals surface area contributed by atoms with Gasteiger partial charge in [0.15, 0.2) is 12.0 Å². The maximum Gasteiger partial charge on any atom is 0.407 e. The Morgan fingerprint density at radius 2 is 2.11 bits per heavy atom. The number of nitrogens with zero attached hydrogens (tertiary/aromatic N) is 1. The number of ether oxygens (including phenoxy) is 3. The van der Waals surface area contributed by atoms with Gasteiger partial charge in [0.25, 0.3) is 0 Å². The fourth-order valence-corrected chi connectivity index (χ4v) is 1.31. The highest BCUT2D eigenvalue weighted by atomic mass is 32.2. The molecule has 7 heteroatoms. The molecule has 0 saturated carbocycles. The molecule has 0 aromatic carbocycles. The second-order valence-electron chi connectivity index (χ2n) is 3.04. The van der Waals surface area contributed by atoms with E-state index in [-0.39, 0.29) is 6.61 Å². The highest BCUT2D eigenvalue weighted by molar-refractivity contribution is 8.09. The molecule has 0 bridgehead atoms. The number of hydrogen-bond donors (Lipinski definition) is 0. The number of methoxy groups -OCH3 is 1. The second-order valence-corrected chi connectivity index (χ2v) is 3.70. The van der Waals surface area contributed by atoms with Crippen LogP contribution in [-0.2, 0) is 14.2 Å². The SMILES string of the molecule is COCCOCCOC(=O)SOc1ccccn1. The summed E-state index contributed by atoms with van der Waals surface area (Å²) in [5, 5.41) is -0.531.